The van der Waals surface area contributed by atoms with Crippen LogP contribution in [0.4, 0.5) is 0 Å². The van der Waals surface area contributed by atoms with Crippen molar-refractivity contribution in [1.82, 2.24) is 0 Å². The largest absolute Gasteiger partial charge is 0.348 e. The van der Waals surface area contributed by atoms with Crippen LogP contribution in [0.1, 0.15) is 13.8 Å². The van der Waals surface area contributed by atoms with E-state index >= 15 is 0 Å². The summed E-state index contributed by atoms with van der Waals surface area (Å²) in [6, 6.07) is 0. The molecule has 1 aliphatic rings. The molecule has 0 bridgehead atoms. The molecule has 10 heteroatoms. The third-order valence-electron chi connectivity index (χ3n) is 2.19. The van der Waals surface area contributed by atoms with Gasteiger partial charge in [-0.3, -0.25) is 8.37 Å². The van der Waals surface area contributed by atoms with Gasteiger partial charge in [0.05, 0.1) is 25.7 Å². The van der Waals surface area contributed by atoms with Crippen LogP contribution in [0.3, 0.4) is 0 Å². The van der Waals surface area contributed by atoms with E-state index in [2.05, 4.69) is 4.18 Å². The molecule has 8 nitrogen and oxygen atoms in total. The minimum absolute atomic E-state index is 0.0836. The molecule has 0 N–H and O–H groups in total. The maximum atomic E-state index is 11.2. The predicted octanol–water partition coefficient (Wildman–Crippen LogP) is -0.541. The smallest absolute Gasteiger partial charge is 0.264 e. The van der Waals surface area contributed by atoms with Gasteiger partial charge in [0.25, 0.3) is 20.2 Å². The monoisotopic (exact) mass is 318 g/mol. The fraction of sp³-hybridized carbons (Fsp3) is 1.00. The van der Waals surface area contributed by atoms with Crippen LogP contribution in [0.5, 0.6) is 0 Å². The summed E-state index contributed by atoms with van der Waals surface area (Å²) in [6.45, 7) is 2.93. The van der Waals surface area contributed by atoms with Crippen molar-refractivity contribution < 1.29 is 34.7 Å². The highest BCUT2D eigenvalue weighted by molar-refractivity contribution is 7.86. The predicted molar refractivity (Wildman–Crippen MR) is 65.4 cm³/mol. The number of rotatable bonds is 6. The molecule has 2 atom stereocenters. The molecule has 1 fully saturated rings. The molecule has 114 valence electrons. The van der Waals surface area contributed by atoms with E-state index in [9.17, 15) is 16.8 Å². The zero-order valence-electron chi connectivity index (χ0n) is 11.2. The molecule has 1 aliphatic heterocycles. The van der Waals surface area contributed by atoms with E-state index in [1.54, 1.807) is 13.8 Å². The first-order chi connectivity index (χ1) is 8.38. The Hall–Kier alpha value is -0.260. The molecule has 1 heterocycles. The van der Waals surface area contributed by atoms with Crippen molar-refractivity contribution in [3.05, 3.63) is 0 Å². The van der Waals surface area contributed by atoms with E-state index in [0.29, 0.717) is 0 Å². The number of hydrogen-bond acceptors (Lipinski definition) is 8. The van der Waals surface area contributed by atoms with Gasteiger partial charge in [-0.25, -0.2) is 0 Å². The van der Waals surface area contributed by atoms with Gasteiger partial charge in [-0.1, -0.05) is 0 Å². The summed E-state index contributed by atoms with van der Waals surface area (Å²) in [4.78, 5) is 0. The zero-order valence-corrected chi connectivity index (χ0v) is 12.8. The van der Waals surface area contributed by atoms with Crippen molar-refractivity contribution in [2.45, 2.75) is 31.8 Å². The Kier molecular flexibility index (Phi) is 4.97. The molecule has 0 aromatic heterocycles. The van der Waals surface area contributed by atoms with Crippen molar-refractivity contribution in [1.29, 1.82) is 0 Å². The Morgan fingerprint density at radius 1 is 1.21 bits per heavy atom. The Labute approximate surface area is 113 Å². The highest BCUT2D eigenvalue weighted by Crippen LogP contribution is 2.26. The summed E-state index contributed by atoms with van der Waals surface area (Å²) in [7, 11) is -7.48. The van der Waals surface area contributed by atoms with Crippen LogP contribution in [0.15, 0.2) is 0 Å². The second-order valence-electron chi connectivity index (χ2n) is 4.69. The molecule has 19 heavy (non-hydrogen) atoms. The Bertz CT molecular complexity index is 506. The normalized spacial score (nSPS) is 25.4. The number of ether oxygens (including phenoxy) is 2. The van der Waals surface area contributed by atoms with E-state index in [1.165, 1.54) is 0 Å². The highest BCUT2D eigenvalue weighted by Gasteiger charge is 2.40. The molecule has 0 aromatic carbocycles. The molecule has 0 amide bonds. The lowest BCUT2D eigenvalue weighted by Gasteiger charge is -2.22. The first kappa shape index (κ1) is 16.8. The summed E-state index contributed by atoms with van der Waals surface area (Å²) in [5, 5.41) is 0. The lowest BCUT2D eigenvalue weighted by atomic mass is 10.2. The fourth-order valence-corrected chi connectivity index (χ4v) is 2.52. The summed E-state index contributed by atoms with van der Waals surface area (Å²) >= 11 is 0. The molecule has 0 aromatic rings. The standard InChI is InChI=1S/C9H18O8S2/c1-9(2)14-5-7(16-9)8(17-19(4,12)13)6-15-18(3,10)11/h7-8H,5-6H2,1-4H3/t7-,8+/m1/s1. The van der Waals surface area contributed by atoms with Crippen LogP contribution in [0, 0.1) is 0 Å². The van der Waals surface area contributed by atoms with Gasteiger partial charge < -0.3 is 9.47 Å². The Balaban J connectivity index is 2.76. The van der Waals surface area contributed by atoms with E-state index in [-0.39, 0.29) is 6.61 Å². The van der Waals surface area contributed by atoms with Crippen molar-refractivity contribution in [3.63, 3.8) is 0 Å². The first-order valence-electron chi connectivity index (χ1n) is 5.42. The Morgan fingerprint density at radius 3 is 2.16 bits per heavy atom. The highest BCUT2D eigenvalue weighted by atomic mass is 32.2. The van der Waals surface area contributed by atoms with Crippen LogP contribution < -0.4 is 0 Å². The average Bonchev–Trinajstić information content (AvgIpc) is 2.50. The molecule has 0 radical (unpaired) electrons. The van der Waals surface area contributed by atoms with Crippen LogP contribution in [0.2, 0.25) is 0 Å². The van der Waals surface area contributed by atoms with Gasteiger partial charge in [0, 0.05) is 0 Å². The van der Waals surface area contributed by atoms with Gasteiger partial charge in [0.15, 0.2) is 5.79 Å². The average molecular weight is 318 g/mol. The molecule has 0 saturated carbocycles. The second-order valence-corrected chi connectivity index (χ2v) is 7.94. The van der Waals surface area contributed by atoms with Gasteiger partial charge in [0.1, 0.15) is 12.2 Å². The Morgan fingerprint density at radius 2 is 1.79 bits per heavy atom. The van der Waals surface area contributed by atoms with E-state index in [4.69, 9.17) is 13.7 Å². The van der Waals surface area contributed by atoms with Crippen LogP contribution in [-0.4, -0.2) is 60.6 Å². The third kappa shape index (κ3) is 6.63. The van der Waals surface area contributed by atoms with Crippen LogP contribution in [-0.2, 0) is 38.1 Å². The lowest BCUT2D eigenvalue weighted by molar-refractivity contribution is -0.150. The van der Waals surface area contributed by atoms with Crippen LogP contribution >= 0.6 is 0 Å². The summed E-state index contributed by atoms with van der Waals surface area (Å²) in [5.41, 5.74) is 0. The number of hydrogen-bond donors (Lipinski definition) is 0. The van der Waals surface area contributed by atoms with E-state index < -0.39 is 44.8 Å². The molecular weight excluding hydrogens is 300 g/mol. The molecular formula is C9H18O8S2. The van der Waals surface area contributed by atoms with Crippen molar-refractivity contribution >= 4 is 20.2 Å². The third-order valence-corrected chi connectivity index (χ3v) is 3.35. The molecule has 1 rings (SSSR count). The maximum absolute atomic E-state index is 11.2. The minimum atomic E-state index is -3.78. The van der Waals surface area contributed by atoms with E-state index in [1.807, 2.05) is 0 Å². The topological polar surface area (TPSA) is 105 Å². The first-order valence-corrected chi connectivity index (χ1v) is 9.06. The van der Waals surface area contributed by atoms with Crippen molar-refractivity contribution in [2.24, 2.45) is 0 Å². The summed E-state index contributed by atoms with van der Waals surface area (Å²) in [6.07, 6.45) is -0.0973. The van der Waals surface area contributed by atoms with E-state index in [0.717, 1.165) is 12.5 Å². The molecule has 0 aliphatic carbocycles. The fourth-order valence-electron chi connectivity index (χ4n) is 1.51. The van der Waals surface area contributed by atoms with Gasteiger partial charge in [0.2, 0.25) is 0 Å². The molecule has 0 spiro atoms. The van der Waals surface area contributed by atoms with Gasteiger partial charge in [-0.15, -0.1) is 0 Å². The quantitative estimate of drug-likeness (QED) is 0.601. The minimum Gasteiger partial charge on any atom is -0.348 e. The summed E-state index contributed by atoms with van der Waals surface area (Å²) in [5.74, 6) is -0.880. The molecule has 0 unspecified atom stereocenters. The maximum Gasteiger partial charge on any atom is 0.264 e. The second kappa shape index (κ2) is 5.62. The SMILES string of the molecule is CC1(C)OC[C@H]([C@H](COS(C)(=O)=O)OS(C)(=O)=O)O1. The lowest BCUT2D eigenvalue weighted by Crippen LogP contribution is -2.38. The zero-order chi connectivity index (χ0) is 14.9. The summed E-state index contributed by atoms with van der Waals surface area (Å²) < 4.78 is 64.3. The molecule has 1 saturated heterocycles. The van der Waals surface area contributed by atoms with Crippen LogP contribution in [0.25, 0.3) is 0 Å². The van der Waals surface area contributed by atoms with Gasteiger partial charge >= 0.3 is 0 Å². The van der Waals surface area contributed by atoms with Gasteiger partial charge in [-0.05, 0) is 13.8 Å². The van der Waals surface area contributed by atoms with Crippen molar-refractivity contribution in [2.75, 3.05) is 25.7 Å². The van der Waals surface area contributed by atoms with Crippen molar-refractivity contribution in [3.8, 4) is 0 Å². The van der Waals surface area contributed by atoms with Gasteiger partial charge in [-0.2, -0.15) is 16.8 Å².